The zero-order chi connectivity index (χ0) is 13.9. The summed E-state index contributed by atoms with van der Waals surface area (Å²) < 4.78 is 0.806. The van der Waals surface area contributed by atoms with Crippen molar-refractivity contribution in [3.05, 3.63) is 57.8 Å². The number of rotatable bonds is 2. The Morgan fingerprint density at radius 3 is 2.90 bits per heavy atom. The van der Waals surface area contributed by atoms with Gasteiger partial charge in [-0.25, -0.2) is 0 Å². The minimum atomic E-state index is -0.113. The number of nitrogens with one attached hydrogen (secondary N) is 1. The topological polar surface area (TPSA) is 42.0 Å². The molecule has 3 nitrogen and oxygen atoms in total. The third-order valence-electron chi connectivity index (χ3n) is 3.61. The smallest absolute Gasteiger partial charge is 0.257 e. The second-order valence-corrected chi connectivity index (χ2v) is 5.91. The highest BCUT2D eigenvalue weighted by atomic mass is 79.9. The first-order chi connectivity index (χ1) is 9.74. The maximum atomic E-state index is 12.3. The largest absolute Gasteiger partial charge is 0.322 e. The Bertz CT molecular complexity index is 655. The summed E-state index contributed by atoms with van der Waals surface area (Å²) in [5, 5.41) is 3.01. The molecule has 0 bridgehead atoms. The lowest BCUT2D eigenvalue weighted by molar-refractivity contribution is 0.102. The van der Waals surface area contributed by atoms with Crippen molar-refractivity contribution in [2.75, 3.05) is 5.32 Å². The van der Waals surface area contributed by atoms with E-state index in [9.17, 15) is 4.79 Å². The third-order valence-corrected chi connectivity index (χ3v) is 4.04. The summed E-state index contributed by atoms with van der Waals surface area (Å²) in [7, 11) is 0. The van der Waals surface area contributed by atoms with E-state index in [1.807, 2.05) is 12.1 Å². The molecule has 1 heterocycles. The molecule has 1 amide bonds. The first-order valence-electron chi connectivity index (χ1n) is 6.77. The van der Waals surface area contributed by atoms with Crippen LogP contribution in [0.5, 0.6) is 0 Å². The predicted octanol–water partition coefficient (Wildman–Crippen LogP) is 3.98. The molecule has 2 aromatic rings. The lowest BCUT2D eigenvalue weighted by Gasteiger charge is -2.19. The fraction of sp³-hybridized carbons (Fsp3) is 0.250. The molecule has 0 saturated carbocycles. The van der Waals surface area contributed by atoms with Gasteiger partial charge in [0.15, 0.2) is 0 Å². The molecule has 1 aliphatic rings. The molecule has 4 heteroatoms. The summed E-state index contributed by atoms with van der Waals surface area (Å²) in [5.41, 5.74) is 4.15. The van der Waals surface area contributed by atoms with Crippen molar-refractivity contribution in [1.82, 2.24) is 4.98 Å². The first-order valence-corrected chi connectivity index (χ1v) is 7.56. The van der Waals surface area contributed by atoms with E-state index in [0.717, 1.165) is 23.0 Å². The molecule has 1 aliphatic carbocycles. The minimum absolute atomic E-state index is 0.113. The summed E-state index contributed by atoms with van der Waals surface area (Å²) in [4.78, 5) is 16.3. The number of nitrogens with zero attached hydrogens (tertiary/aromatic N) is 1. The number of pyridine rings is 1. The maximum absolute atomic E-state index is 12.3. The number of hydrogen-bond donors (Lipinski definition) is 1. The van der Waals surface area contributed by atoms with Crippen molar-refractivity contribution in [1.29, 1.82) is 0 Å². The van der Waals surface area contributed by atoms with Crippen molar-refractivity contribution in [3.63, 3.8) is 0 Å². The van der Waals surface area contributed by atoms with Crippen LogP contribution in [-0.2, 0) is 12.8 Å². The number of benzene rings is 1. The molecule has 0 aliphatic heterocycles. The van der Waals surface area contributed by atoms with Crippen LogP contribution in [-0.4, -0.2) is 10.9 Å². The number of carbonyl (C=O) groups is 1. The first kappa shape index (κ1) is 13.3. The van der Waals surface area contributed by atoms with Gasteiger partial charge in [-0.1, -0.05) is 12.1 Å². The SMILES string of the molecule is O=C(Nc1cccc2c1CCCC2)c1cncc(Br)c1. The Kier molecular flexibility index (Phi) is 3.83. The van der Waals surface area contributed by atoms with E-state index in [2.05, 4.69) is 32.3 Å². The number of halogens is 1. The third kappa shape index (κ3) is 2.75. The number of aromatic nitrogens is 1. The van der Waals surface area contributed by atoms with Crippen molar-refractivity contribution in [2.24, 2.45) is 0 Å². The van der Waals surface area contributed by atoms with Crippen molar-refractivity contribution in [3.8, 4) is 0 Å². The van der Waals surface area contributed by atoms with Crippen molar-refractivity contribution >= 4 is 27.5 Å². The second kappa shape index (κ2) is 5.75. The molecule has 1 N–H and O–H groups in total. The summed E-state index contributed by atoms with van der Waals surface area (Å²) in [5.74, 6) is -0.113. The highest BCUT2D eigenvalue weighted by Crippen LogP contribution is 2.28. The second-order valence-electron chi connectivity index (χ2n) is 5.00. The highest BCUT2D eigenvalue weighted by molar-refractivity contribution is 9.10. The molecule has 1 aromatic carbocycles. The van der Waals surface area contributed by atoms with Gasteiger partial charge in [-0.15, -0.1) is 0 Å². The van der Waals surface area contributed by atoms with Crippen LogP contribution < -0.4 is 5.32 Å². The number of carbonyl (C=O) groups excluding carboxylic acids is 1. The molecule has 20 heavy (non-hydrogen) atoms. The molecule has 102 valence electrons. The molecule has 0 fully saturated rings. The van der Waals surface area contributed by atoms with Gasteiger partial charge < -0.3 is 5.32 Å². The Morgan fingerprint density at radius 2 is 2.05 bits per heavy atom. The van der Waals surface area contributed by atoms with E-state index in [4.69, 9.17) is 0 Å². The van der Waals surface area contributed by atoms with Gasteiger partial charge in [0.1, 0.15) is 0 Å². The van der Waals surface area contributed by atoms with Crippen LogP contribution in [0.1, 0.15) is 34.3 Å². The van der Waals surface area contributed by atoms with E-state index in [0.29, 0.717) is 5.56 Å². The summed E-state index contributed by atoms with van der Waals surface area (Å²) in [6, 6.07) is 7.93. The molecule has 0 unspecified atom stereocenters. The van der Waals surface area contributed by atoms with E-state index in [1.165, 1.54) is 24.0 Å². The molecular formula is C16H15BrN2O. The van der Waals surface area contributed by atoms with Gasteiger partial charge in [-0.2, -0.15) is 0 Å². The molecule has 0 saturated heterocycles. The van der Waals surface area contributed by atoms with Crippen LogP contribution in [0.2, 0.25) is 0 Å². The van der Waals surface area contributed by atoms with Crippen LogP contribution in [0.4, 0.5) is 5.69 Å². The number of fused-ring (bicyclic) bond motifs is 1. The zero-order valence-corrected chi connectivity index (χ0v) is 12.6. The molecule has 0 spiro atoms. The van der Waals surface area contributed by atoms with Crippen LogP contribution in [0.3, 0.4) is 0 Å². The van der Waals surface area contributed by atoms with E-state index < -0.39 is 0 Å². The van der Waals surface area contributed by atoms with Crippen LogP contribution in [0.15, 0.2) is 41.1 Å². The quantitative estimate of drug-likeness (QED) is 0.905. The normalized spacial score (nSPS) is 13.7. The molecule has 0 radical (unpaired) electrons. The number of amides is 1. The van der Waals surface area contributed by atoms with Crippen LogP contribution in [0.25, 0.3) is 0 Å². The van der Waals surface area contributed by atoms with Gasteiger partial charge in [-0.3, -0.25) is 9.78 Å². The zero-order valence-electron chi connectivity index (χ0n) is 11.0. The fourth-order valence-corrected chi connectivity index (χ4v) is 2.99. The van der Waals surface area contributed by atoms with Crippen molar-refractivity contribution in [2.45, 2.75) is 25.7 Å². The van der Waals surface area contributed by atoms with Gasteiger partial charge in [0.05, 0.1) is 5.56 Å². The Labute approximate surface area is 126 Å². The average Bonchev–Trinajstić information content (AvgIpc) is 2.47. The minimum Gasteiger partial charge on any atom is -0.322 e. The van der Waals surface area contributed by atoms with Gasteiger partial charge >= 0.3 is 0 Å². The van der Waals surface area contributed by atoms with E-state index >= 15 is 0 Å². The number of hydrogen-bond acceptors (Lipinski definition) is 2. The maximum Gasteiger partial charge on any atom is 0.257 e. The van der Waals surface area contributed by atoms with Gasteiger partial charge in [0, 0.05) is 22.6 Å². The molecule has 1 aromatic heterocycles. The Morgan fingerprint density at radius 1 is 1.20 bits per heavy atom. The molecule has 3 rings (SSSR count). The monoisotopic (exact) mass is 330 g/mol. The predicted molar refractivity (Wildman–Crippen MR) is 83.0 cm³/mol. The van der Waals surface area contributed by atoms with E-state index in [1.54, 1.807) is 18.5 Å². The average molecular weight is 331 g/mol. The number of aryl methyl sites for hydroxylation is 1. The number of anilines is 1. The standard InChI is InChI=1S/C16H15BrN2O/c17-13-8-12(9-18-10-13)16(20)19-15-7-3-5-11-4-1-2-6-14(11)15/h3,5,7-10H,1-2,4,6H2,(H,19,20). The van der Waals surface area contributed by atoms with Gasteiger partial charge in [-0.05, 0) is 64.9 Å². The lowest BCUT2D eigenvalue weighted by atomic mass is 9.90. The highest BCUT2D eigenvalue weighted by Gasteiger charge is 2.15. The van der Waals surface area contributed by atoms with Crippen LogP contribution >= 0.6 is 15.9 Å². The lowest BCUT2D eigenvalue weighted by Crippen LogP contribution is -2.15. The molecular weight excluding hydrogens is 316 g/mol. The fourth-order valence-electron chi connectivity index (χ4n) is 2.63. The van der Waals surface area contributed by atoms with Crippen LogP contribution in [0, 0.1) is 0 Å². The van der Waals surface area contributed by atoms with Gasteiger partial charge in [0.25, 0.3) is 5.91 Å². The van der Waals surface area contributed by atoms with E-state index in [-0.39, 0.29) is 5.91 Å². The summed E-state index contributed by atoms with van der Waals surface area (Å²) >= 11 is 3.33. The summed E-state index contributed by atoms with van der Waals surface area (Å²) in [6.07, 6.45) is 7.83. The molecule has 0 atom stereocenters. The van der Waals surface area contributed by atoms with Gasteiger partial charge in [0.2, 0.25) is 0 Å². The Hall–Kier alpha value is -1.68. The summed E-state index contributed by atoms with van der Waals surface area (Å²) in [6.45, 7) is 0. The Balaban J connectivity index is 1.86. The van der Waals surface area contributed by atoms with Crippen molar-refractivity contribution < 1.29 is 4.79 Å².